The number of piperidine rings is 1. The Hall–Kier alpha value is -3.22. The van der Waals surface area contributed by atoms with Crippen LogP contribution in [0.4, 0.5) is 0 Å². The fraction of sp³-hybridized carbons (Fsp3) is 0.435. The van der Waals surface area contributed by atoms with Crippen LogP contribution in [0.3, 0.4) is 0 Å². The van der Waals surface area contributed by atoms with E-state index < -0.39 is 10.0 Å². The summed E-state index contributed by atoms with van der Waals surface area (Å²) in [6.07, 6.45) is 5.76. The summed E-state index contributed by atoms with van der Waals surface area (Å²) in [6, 6.07) is 8.23. The quantitative estimate of drug-likeness (QED) is 0.182. The Kier molecular flexibility index (Phi) is 7.83. The number of fused-ring (bicyclic) bond motifs is 1. The minimum Gasteiger partial charge on any atom is -0.437 e. The Bertz CT molecular complexity index is 1340. The SMILES string of the molecule is NC(N)=NCCCCCn1cc2cc(-c3ccc(S(=O)(=O)NC4CCNCC4)cc3)oc2nc1=O. The lowest BCUT2D eigenvalue weighted by Gasteiger charge is -2.23. The summed E-state index contributed by atoms with van der Waals surface area (Å²) in [6.45, 7) is 2.70. The van der Waals surface area contributed by atoms with E-state index in [4.69, 9.17) is 15.9 Å². The van der Waals surface area contributed by atoms with E-state index in [1.165, 1.54) is 0 Å². The van der Waals surface area contributed by atoms with Crippen LogP contribution in [0, 0.1) is 0 Å². The van der Waals surface area contributed by atoms with Gasteiger partial charge in [0.1, 0.15) is 5.76 Å². The summed E-state index contributed by atoms with van der Waals surface area (Å²) >= 11 is 0. The van der Waals surface area contributed by atoms with E-state index in [9.17, 15) is 13.2 Å². The van der Waals surface area contributed by atoms with Gasteiger partial charge in [-0.1, -0.05) is 0 Å². The van der Waals surface area contributed by atoms with Gasteiger partial charge in [-0.3, -0.25) is 9.56 Å². The highest BCUT2D eigenvalue weighted by atomic mass is 32.2. The molecule has 4 rings (SSSR count). The Morgan fingerprint density at radius 1 is 1.17 bits per heavy atom. The molecule has 11 nitrogen and oxygen atoms in total. The second-order valence-corrected chi connectivity index (χ2v) is 10.3. The van der Waals surface area contributed by atoms with Crippen molar-refractivity contribution in [2.45, 2.75) is 49.6 Å². The smallest absolute Gasteiger partial charge is 0.350 e. The zero-order valence-electron chi connectivity index (χ0n) is 19.4. The summed E-state index contributed by atoms with van der Waals surface area (Å²) in [5.74, 6) is 0.592. The molecule has 0 unspecified atom stereocenters. The topological polar surface area (TPSA) is 171 Å². The standard InChI is InChI=1S/C23H31N7O4S/c24-22(25)27-10-2-1-3-13-30-15-17-14-20(34-21(17)28-23(30)31)16-4-6-19(7-5-16)35(32,33)29-18-8-11-26-12-9-18/h4-7,14-15,18,26,29H,1-3,8-13H2,(H4,24,25,27). The molecule has 0 saturated carbocycles. The number of aryl methyl sites for hydroxylation is 1. The van der Waals surface area contributed by atoms with E-state index in [0.717, 1.165) is 45.2 Å². The van der Waals surface area contributed by atoms with Crippen LogP contribution in [0.5, 0.6) is 0 Å². The van der Waals surface area contributed by atoms with Crippen molar-refractivity contribution in [2.24, 2.45) is 16.5 Å². The van der Waals surface area contributed by atoms with Crippen LogP contribution in [-0.4, -0.2) is 49.6 Å². The van der Waals surface area contributed by atoms with Gasteiger partial charge in [0.05, 0.1) is 10.3 Å². The summed E-state index contributed by atoms with van der Waals surface area (Å²) in [4.78, 5) is 20.6. The largest absolute Gasteiger partial charge is 0.437 e. The number of nitrogens with zero attached hydrogens (tertiary/aromatic N) is 3. The number of benzene rings is 1. The van der Waals surface area contributed by atoms with Crippen LogP contribution in [-0.2, 0) is 16.6 Å². The zero-order chi connectivity index (χ0) is 24.8. The molecule has 0 amide bonds. The van der Waals surface area contributed by atoms with Gasteiger partial charge < -0.3 is 21.2 Å². The molecule has 2 aromatic heterocycles. The Morgan fingerprint density at radius 3 is 2.63 bits per heavy atom. The average Bonchev–Trinajstić information content (AvgIpc) is 3.24. The normalized spacial score (nSPS) is 14.9. The lowest BCUT2D eigenvalue weighted by Crippen LogP contribution is -2.42. The van der Waals surface area contributed by atoms with Crippen molar-refractivity contribution >= 4 is 27.1 Å². The number of sulfonamides is 1. The molecular formula is C23H31N7O4S. The molecule has 0 aliphatic carbocycles. The maximum atomic E-state index is 12.7. The number of aliphatic imine (C=N–C) groups is 1. The highest BCUT2D eigenvalue weighted by Gasteiger charge is 2.22. The summed E-state index contributed by atoms with van der Waals surface area (Å²) in [5, 5.41) is 3.92. The van der Waals surface area contributed by atoms with Gasteiger partial charge in [-0.15, -0.1) is 0 Å². The van der Waals surface area contributed by atoms with E-state index in [0.29, 0.717) is 29.8 Å². The number of aromatic nitrogens is 2. The summed E-state index contributed by atoms with van der Waals surface area (Å²) < 4.78 is 35.6. The first-order valence-electron chi connectivity index (χ1n) is 11.7. The van der Waals surface area contributed by atoms with Gasteiger partial charge >= 0.3 is 5.69 Å². The van der Waals surface area contributed by atoms with Crippen molar-refractivity contribution in [3.63, 3.8) is 0 Å². The molecular weight excluding hydrogens is 470 g/mol. The molecule has 3 heterocycles. The van der Waals surface area contributed by atoms with Gasteiger partial charge in [0.2, 0.25) is 15.7 Å². The average molecular weight is 502 g/mol. The second kappa shape index (κ2) is 11.0. The maximum Gasteiger partial charge on any atom is 0.350 e. The Morgan fingerprint density at radius 2 is 1.91 bits per heavy atom. The van der Waals surface area contributed by atoms with Gasteiger partial charge in [0.15, 0.2) is 5.96 Å². The Balaban J connectivity index is 1.43. The van der Waals surface area contributed by atoms with E-state index >= 15 is 0 Å². The number of hydrogen-bond donors (Lipinski definition) is 4. The summed E-state index contributed by atoms with van der Waals surface area (Å²) in [5.41, 5.74) is 11.2. The molecule has 188 valence electrons. The van der Waals surface area contributed by atoms with Crippen LogP contribution >= 0.6 is 0 Å². The molecule has 6 N–H and O–H groups in total. The minimum absolute atomic E-state index is 0.0615. The minimum atomic E-state index is -3.60. The highest BCUT2D eigenvalue weighted by molar-refractivity contribution is 7.89. The molecule has 12 heteroatoms. The molecule has 0 atom stereocenters. The highest BCUT2D eigenvalue weighted by Crippen LogP contribution is 2.27. The summed E-state index contributed by atoms with van der Waals surface area (Å²) in [7, 11) is -3.60. The van der Waals surface area contributed by atoms with Crippen molar-refractivity contribution in [1.82, 2.24) is 19.6 Å². The maximum absolute atomic E-state index is 12.7. The number of nitrogens with one attached hydrogen (secondary N) is 2. The number of rotatable bonds is 10. The number of unbranched alkanes of at least 4 members (excludes halogenated alkanes) is 2. The third kappa shape index (κ3) is 6.47. The first-order valence-corrected chi connectivity index (χ1v) is 13.2. The van der Waals surface area contributed by atoms with Crippen molar-refractivity contribution in [1.29, 1.82) is 0 Å². The number of guanidine groups is 1. The molecule has 1 fully saturated rings. The first kappa shape index (κ1) is 24.9. The van der Waals surface area contributed by atoms with E-state index in [-0.39, 0.29) is 28.3 Å². The predicted octanol–water partition coefficient (Wildman–Crippen LogP) is 1.13. The van der Waals surface area contributed by atoms with Gasteiger partial charge in [0, 0.05) is 30.9 Å². The molecule has 0 radical (unpaired) electrons. The van der Waals surface area contributed by atoms with Crippen LogP contribution in [0.2, 0.25) is 0 Å². The number of furan rings is 1. The Labute approximate surface area is 203 Å². The number of nitrogens with two attached hydrogens (primary N) is 2. The fourth-order valence-electron chi connectivity index (χ4n) is 4.06. The van der Waals surface area contributed by atoms with Crippen LogP contribution in [0.25, 0.3) is 22.4 Å². The van der Waals surface area contributed by atoms with Crippen LogP contribution in [0.1, 0.15) is 32.1 Å². The predicted molar refractivity (Wildman–Crippen MR) is 134 cm³/mol. The monoisotopic (exact) mass is 501 g/mol. The zero-order valence-corrected chi connectivity index (χ0v) is 20.3. The van der Waals surface area contributed by atoms with E-state index in [1.54, 1.807) is 41.1 Å². The van der Waals surface area contributed by atoms with Gasteiger partial charge in [-0.05, 0) is 75.5 Å². The molecule has 1 aliphatic heterocycles. The lowest BCUT2D eigenvalue weighted by molar-refractivity contribution is 0.427. The van der Waals surface area contributed by atoms with Gasteiger partial charge in [-0.25, -0.2) is 17.9 Å². The van der Waals surface area contributed by atoms with E-state index in [1.807, 2.05) is 0 Å². The third-order valence-electron chi connectivity index (χ3n) is 5.94. The molecule has 1 aliphatic rings. The van der Waals surface area contributed by atoms with Gasteiger partial charge in [-0.2, -0.15) is 4.98 Å². The molecule has 3 aromatic rings. The molecule has 35 heavy (non-hydrogen) atoms. The second-order valence-electron chi connectivity index (χ2n) is 8.63. The first-order chi connectivity index (χ1) is 16.8. The van der Waals surface area contributed by atoms with Crippen LogP contribution in [0.15, 0.2) is 55.6 Å². The van der Waals surface area contributed by atoms with Crippen molar-refractivity contribution < 1.29 is 12.8 Å². The van der Waals surface area contributed by atoms with Gasteiger partial charge in [0.25, 0.3) is 0 Å². The molecule has 0 spiro atoms. The molecule has 0 bridgehead atoms. The number of hydrogen-bond acceptors (Lipinski definition) is 7. The lowest BCUT2D eigenvalue weighted by atomic mass is 10.1. The fourth-order valence-corrected chi connectivity index (χ4v) is 5.36. The molecule has 1 aromatic carbocycles. The van der Waals surface area contributed by atoms with Crippen molar-refractivity contribution in [3.05, 3.63) is 47.0 Å². The molecule has 1 saturated heterocycles. The van der Waals surface area contributed by atoms with Crippen LogP contribution < -0.4 is 27.2 Å². The third-order valence-corrected chi connectivity index (χ3v) is 7.48. The van der Waals surface area contributed by atoms with E-state index in [2.05, 4.69) is 20.0 Å². The van der Waals surface area contributed by atoms with Crippen molar-refractivity contribution in [3.8, 4) is 11.3 Å². The van der Waals surface area contributed by atoms with Crippen molar-refractivity contribution in [2.75, 3.05) is 19.6 Å².